The van der Waals surface area contributed by atoms with Crippen LogP contribution in [0.3, 0.4) is 0 Å². The zero-order valence-corrected chi connectivity index (χ0v) is 22.8. The summed E-state index contributed by atoms with van der Waals surface area (Å²) in [6.07, 6.45) is -0.303. The van der Waals surface area contributed by atoms with Gasteiger partial charge in [-0.3, -0.25) is 19.3 Å². The van der Waals surface area contributed by atoms with Crippen molar-refractivity contribution in [2.24, 2.45) is 5.92 Å². The van der Waals surface area contributed by atoms with Crippen LogP contribution in [0.4, 0.5) is 5.69 Å². The number of nitrogens with zero attached hydrogens (tertiary/aromatic N) is 3. The molecule has 37 heavy (non-hydrogen) atoms. The number of ether oxygens (including phenoxy) is 2. The molecule has 3 aliphatic heterocycles. The van der Waals surface area contributed by atoms with Crippen LogP contribution in [0.5, 0.6) is 0 Å². The van der Waals surface area contributed by atoms with Gasteiger partial charge in [0.2, 0.25) is 5.91 Å². The number of amides is 2. The first-order valence-corrected chi connectivity index (χ1v) is 13.7. The standard InChI is InChI=1S/C28H42N4O5/c1-6-36-24-16-32(25-23(33)17-37-26(24)25)28(35)22(15-18(2)3)29-27(34)20-7-9-21(10-8-20)31-13-11-30(12-14-31)19(4)5/h7-10,18-19,22,24-26H,6,11-17H2,1-5H3,(H,29,34)/t22-,24-,25+,26+/m0/s1. The Morgan fingerprint density at radius 3 is 2.35 bits per heavy atom. The van der Waals surface area contributed by atoms with Crippen LogP contribution in [-0.4, -0.2) is 104 Å². The summed E-state index contributed by atoms with van der Waals surface area (Å²) < 4.78 is 11.4. The van der Waals surface area contributed by atoms with Gasteiger partial charge in [0.25, 0.3) is 5.91 Å². The molecule has 2 amide bonds. The fourth-order valence-electron chi connectivity index (χ4n) is 5.65. The van der Waals surface area contributed by atoms with Gasteiger partial charge in [-0.15, -0.1) is 0 Å². The van der Waals surface area contributed by atoms with Gasteiger partial charge in [0.05, 0.1) is 6.54 Å². The van der Waals surface area contributed by atoms with Gasteiger partial charge >= 0.3 is 0 Å². The van der Waals surface area contributed by atoms with Crippen LogP contribution in [0.25, 0.3) is 0 Å². The molecule has 0 saturated carbocycles. The maximum atomic E-state index is 13.7. The molecule has 1 aromatic rings. The predicted molar refractivity (Wildman–Crippen MR) is 142 cm³/mol. The summed E-state index contributed by atoms with van der Waals surface area (Å²) in [5, 5.41) is 2.96. The van der Waals surface area contributed by atoms with E-state index in [1.807, 2.05) is 45.0 Å². The third-order valence-corrected chi connectivity index (χ3v) is 7.65. The number of piperazine rings is 1. The third kappa shape index (κ3) is 6.16. The highest BCUT2D eigenvalue weighted by atomic mass is 16.6. The van der Waals surface area contributed by atoms with E-state index < -0.39 is 18.2 Å². The number of Topliss-reactive ketones (excluding diaryl/α,β-unsaturated/α-hetero) is 1. The van der Waals surface area contributed by atoms with Crippen molar-refractivity contribution >= 4 is 23.3 Å². The van der Waals surface area contributed by atoms with Crippen LogP contribution >= 0.6 is 0 Å². The first kappa shape index (κ1) is 27.5. The summed E-state index contributed by atoms with van der Waals surface area (Å²) in [6.45, 7) is 15.1. The number of carbonyl (C=O) groups is 3. The Morgan fingerprint density at radius 1 is 1.08 bits per heavy atom. The summed E-state index contributed by atoms with van der Waals surface area (Å²) in [5.41, 5.74) is 1.61. The average molecular weight is 515 g/mol. The van der Waals surface area contributed by atoms with Crippen molar-refractivity contribution in [3.63, 3.8) is 0 Å². The van der Waals surface area contributed by atoms with E-state index in [1.54, 1.807) is 4.90 Å². The van der Waals surface area contributed by atoms with Crippen molar-refractivity contribution in [1.29, 1.82) is 0 Å². The normalized spacial score (nSPS) is 25.2. The molecule has 0 unspecified atom stereocenters. The molecule has 3 heterocycles. The number of benzene rings is 1. The van der Waals surface area contributed by atoms with Crippen LogP contribution in [-0.2, 0) is 19.1 Å². The second-order valence-corrected chi connectivity index (χ2v) is 11.0. The van der Waals surface area contributed by atoms with E-state index in [-0.39, 0.29) is 42.8 Å². The molecule has 0 radical (unpaired) electrons. The van der Waals surface area contributed by atoms with E-state index in [4.69, 9.17) is 9.47 Å². The molecular formula is C28H42N4O5. The smallest absolute Gasteiger partial charge is 0.251 e. The number of hydrogen-bond acceptors (Lipinski definition) is 7. The average Bonchev–Trinajstić information content (AvgIpc) is 3.44. The maximum absolute atomic E-state index is 13.7. The van der Waals surface area contributed by atoms with Gasteiger partial charge in [-0.25, -0.2) is 0 Å². The van der Waals surface area contributed by atoms with Crippen molar-refractivity contribution < 1.29 is 23.9 Å². The highest BCUT2D eigenvalue weighted by Gasteiger charge is 2.53. The summed E-state index contributed by atoms with van der Waals surface area (Å²) in [7, 11) is 0. The molecule has 3 fully saturated rings. The Bertz CT molecular complexity index is 958. The van der Waals surface area contributed by atoms with Crippen molar-refractivity contribution in [2.45, 2.75) is 71.4 Å². The summed E-state index contributed by atoms with van der Waals surface area (Å²) in [6, 6.07) is 6.77. The number of likely N-dealkylation sites (tertiary alicyclic amines) is 1. The van der Waals surface area contributed by atoms with Gasteiger partial charge in [0, 0.05) is 50.1 Å². The van der Waals surface area contributed by atoms with Gasteiger partial charge in [0.15, 0.2) is 5.78 Å². The van der Waals surface area contributed by atoms with Gasteiger partial charge in [-0.1, -0.05) is 13.8 Å². The lowest BCUT2D eigenvalue weighted by Gasteiger charge is -2.38. The topological polar surface area (TPSA) is 91.4 Å². The summed E-state index contributed by atoms with van der Waals surface area (Å²) in [4.78, 5) is 45.8. The number of fused-ring (bicyclic) bond motifs is 1. The van der Waals surface area contributed by atoms with E-state index in [0.29, 0.717) is 24.6 Å². The Balaban J connectivity index is 1.42. The van der Waals surface area contributed by atoms with Gasteiger partial charge < -0.3 is 24.6 Å². The minimum absolute atomic E-state index is 0.0111. The van der Waals surface area contributed by atoms with Crippen LogP contribution in [0.15, 0.2) is 24.3 Å². The van der Waals surface area contributed by atoms with Crippen LogP contribution in [0, 0.1) is 5.92 Å². The molecule has 204 valence electrons. The van der Waals surface area contributed by atoms with Crippen molar-refractivity contribution in [2.75, 3.05) is 50.8 Å². The number of rotatable bonds is 9. The monoisotopic (exact) mass is 514 g/mol. The highest BCUT2D eigenvalue weighted by molar-refractivity contribution is 5.99. The number of hydrogen-bond donors (Lipinski definition) is 1. The van der Waals surface area contributed by atoms with Gasteiger partial charge in [-0.05, 0) is 57.4 Å². The number of ketones is 1. The van der Waals surface area contributed by atoms with Gasteiger partial charge in [-0.2, -0.15) is 0 Å². The molecule has 1 N–H and O–H groups in total. The molecule has 0 bridgehead atoms. The van der Waals surface area contributed by atoms with E-state index in [0.717, 1.165) is 31.9 Å². The minimum Gasteiger partial charge on any atom is -0.374 e. The maximum Gasteiger partial charge on any atom is 0.251 e. The Kier molecular flexibility index (Phi) is 8.87. The van der Waals surface area contributed by atoms with Crippen molar-refractivity contribution in [1.82, 2.24) is 15.1 Å². The fourth-order valence-corrected chi connectivity index (χ4v) is 5.65. The Morgan fingerprint density at radius 2 is 1.76 bits per heavy atom. The molecule has 4 atom stereocenters. The molecule has 0 aromatic heterocycles. The minimum atomic E-state index is -0.731. The first-order valence-electron chi connectivity index (χ1n) is 13.7. The third-order valence-electron chi connectivity index (χ3n) is 7.65. The summed E-state index contributed by atoms with van der Waals surface area (Å²) in [5.74, 6) is -0.475. The van der Waals surface area contributed by atoms with Crippen molar-refractivity contribution in [3.05, 3.63) is 29.8 Å². The number of nitrogens with one attached hydrogen (secondary N) is 1. The predicted octanol–water partition coefficient (Wildman–Crippen LogP) is 1.95. The Hall–Kier alpha value is -2.49. The second kappa shape index (κ2) is 11.9. The molecule has 4 rings (SSSR count). The second-order valence-electron chi connectivity index (χ2n) is 11.0. The molecule has 3 aliphatic rings. The Labute approximate surface area is 220 Å². The molecule has 3 saturated heterocycles. The van der Waals surface area contributed by atoms with Gasteiger partial charge in [0.1, 0.15) is 30.9 Å². The molecule has 0 spiro atoms. The van der Waals surface area contributed by atoms with E-state index in [2.05, 4.69) is 29.0 Å². The zero-order chi connectivity index (χ0) is 26.7. The van der Waals surface area contributed by atoms with Crippen LogP contribution in [0.2, 0.25) is 0 Å². The molecule has 1 aromatic carbocycles. The SMILES string of the molecule is CCO[C@H]1CN(C(=O)[C@H](CC(C)C)NC(=O)c2ccc(N3CCN(C(C)C)CC3)cc2)[C@@H]2C(=O)CO[C@H]12. The van der Waals surface area contributed by atoms with Crippen molar-refractivity contribution in [3.8, 4) is 0 Å². The van der Waals surface area contributed by atoms with Crippen LogP contribution < -0.4 is 10.2 Å². The van der Waals surface area contributed by atoms with E-state index in [1.165, 1.54) is 0 Å². The lowest BCUT2D eigenvalue weighted by molar-refractivity contribution is -0.138. The molecule has 0 aliphatic carbocycles. The number of carbonyl (C=O) groups excluding carboxylic acids is 3. The fraction of sp³-hybridized carbons (Fsp3) is 0.679. The van der Waals surface area contributed by atoms with Crippen LogP contribution in [0.1, 0.15) is 51.4 Å². The molecule has 9 heteroatoms. The largest absolute Gasteiger partial charge is 0.374 e. The number of anilines is 1. The lowest BCUT2D eigenvalue weighted by atomic mass is 10.0. The quantitative estimate of drug-likeness (QED) is 0.539. The summed E-state index contributed by atoms with van der Waals surface area (Å²) >= 11 is 0. The first-order chi connectivity index (χ1) is 17.7. The lowest BCUT2D eigenvalue weighted by Crippen LogP contribution is -2.52. The zero-order valence-electron chi connectivity index (χ0n) is 22.8. The van der Waals surface area contributed by atoms with E-state index >= 15 is 0 Å². The molecule has 9 nitrogen and oxygen atoms in total. The molecular weight excluding hydrogens is 472 g/mol. The highest BCUT2D eigenvalue weighted by Crippen LogP contribution is 2.30. The van der Waals surface area contributed by atoms with E-state index in [9.17, 15) is 14.4 Å².